The number of aromatic nitrogens is 5. The lowest BCUT2D eigenvalue weighted by molar-refractivity contribution is -0.122. The summed E-state index contributed by atoms with van der Waals surface area (Å²) in [5.41, 5.74) is 2.66. The predicted octanol–water partition coefficient (Wildman–Crippen LogP) is 2.50. The van der Waals surface area contributed by atoms with Crippen LogP contribution in [0.2, 0.25) is 0 Å². The summed E-state index contributed by atoms with van der Waals surface area (Å²) in [7, 11) is 0. The summed E-state index contributed by atoms with van der Waals surface area (Å²) in [5, 5.41) is 7.65. The number of hydrogen-bond donors (Lipinski definition) is 1. The average molecular weight is 406 g/mol. The number of hydrogen-bond acceptors (Lipinski definition) is 5. The van der Waals surface area contributed by atoms with Crippen molar-refractivity contribution in [3.8, 4) is 11.3 Å². The molecule has 1 amide bonds. The van der Waals surface area contributed by atoms with Crippen LogP contribution >= 0.6 is 0 Å². The van der Waals surface area contributed by atoms with Crippen molar-refractivity contribution >= 4 is 5.91 Å². The molecular weight excluding hydrogens is 380 g/mol. The van der Waals surface area contributed by atoms with E-state index in [2.05, 4.69) is 20.4 Å². The van der Waals surface area contributed by atoms with Gasteiger partial charge in [0, 0.05) is 48.7 Å². The molecular formula is C22H26N6O2. The van der Waals surface area contributed by atoms with Crippen LogP contribution in [0.4, 0.5) is 0 Å². The zero-order valence-corrected chi connectivity index (χ0v) is 17.1. The van der Waals surface area contributed by atoms with Crippen LogP contribution in [0, 0.1) is 6.92 Å². The van der Waals surface area contributed by atoms with Crippen LogP contribution < -0.4 is 10.9 Å². The number of nitrogens with one attached hydrogen (secondary N) is 1. The Hall–Kier alpha value is -3.29. The minimum absolute atomic E-state index is 0.00117. The summed E-state index contributed by atoms with van der Waals surface area (Å²) in [6, 6.07) is 7.53. The van der Waals surface area contributed by atoms with Crippen LogP contribution in [0.25, 0.3) is 11.3 Å². The molecule has 1 aliphatic carbocycles. The SMILES string of the molecule is Cc1cccc(=O)n1CCC(=O)NC1CCC(n2cc(-c3ccncn3)cn2)CC1. The number of rotatable bonds is 6. The van der Waals surface area contributed by atoms with Gasteiger partial charge in [0.25, 0.3) is 5.56 Å². The summed E-state index contributed by atoms with van der Waals surface area (Å²) >= 11 is 0. The Morgan fingerprint density at radius 1 is 1.20 bits per heavy atom. The van der Waals surface area contributed by atoms with Gasteiger partial charge in [0.05, 0.1) is 17.9 Å². The normalized spacial score (nSPS) is 18.8. The molecule has 1 saturated carbocycles. The van der Waals surface area contributed by atoms with Crippen molar-refractivity contribution in [2.75, 3.05) is 0 Å². The average Bonchev–Trinajstić information content (AvgIpc) is 3.25. The number of carbonyl (C=O) groups excluding carboxylic acids is 1. The molecule has 4 rings (SSSR count). The third kappa shape index (κ3) is 4.64. The van der Waals surface area contributed by atoms with E-state index in [9.17, 15) is 9.59 Å². The summed E-state index contributed by atoms with van der Waals surface area (Å²) < 4.78 is 3.66. The summed E-state index contributed by atoms with van der Waals surface area (Å²) in [5.74, 6) is -0.00117. The molecule has 1 fully saturated rings. The second-order valence-corrected chi connectivity index (χ2v) is 7.78. The van der Waals surface area contributed by atoms with Crippen molar-refractivity contribution in [1.29, 1.82) is 0 Å². The van der Waals surface area contributed by atoms with E-state index in [0.29, 0.717) is 19.0 Å². The van der Waals surface area contributed by atoms with Crippen LogP contribution in [-0.2, 0) is 11.3 Å². The molecule has 1 N–H and O–H groups in total. The van der Waals surface area contributed by atoms with E-state index in [-0.39, 0.29) is 17.5 Å². The highest BCUT2D eigenvalue weighted by atomic mass is 16.2. The van der Waals surface area contributed by atoms with E-state index >= 15 is 0 Å². The molecule has 0 atom stereocenters. The topological polar surface area (TPSA) is 94.7 Å². The zero-order valence-electron chi connectivity index (χ0n) is 17.1. The first-order chi connectivity index (χ1) is 14.6. The van der Waals surface area contributed by atoms with Crippen LogP contribution in [0.1, 0.15) is 43.8 Å². The lowest BCUT2D eigenvalue weighted by atomic mass is 9.91. The first-order valence-corrected chi connectivity index (χ1v) is 10.4. The molecule has 3 aromatic rings. The summed E-state index contributed by atoms with van der Waals surface area (Å²) in [6.07, 6.45) is 11.2. The van der Waals surface area contributed by atoms with E-state index in [4.69, 9.17) is 0 Å². The molecule has 0 unspecified atom stereocenters. The third-order valence-corrected chi connectivity index (χ3v) is 5.75. The van der Waals surface area contributed by atoms with Crippen molar-refractivity contribution in [3.63, 3.8) is 0 Å². The number of nitrogens with zero attached hydrogens (tertiary/aromatic N) is 5. The standard InChI is InChI=1S/C22H26N6O2/c1-16-3-2-4-22(30)27(16)12-10-21(29)26-18-5-7-19(8-6-18)28-14-17(13-25-28)20-9-11-23-15-24-20/h2-4,9,11,13-15,18-19H,5-8,10,12H2,1H3,(H,26,29). The van der Waals surface area contributed by atoms with Gasteiger partial charge in [0.1, 0.15) is 6.33 Å². The lowest BCUT2D eigenvalue weighted by Crippen LogP contribution is -2.38. The smallest absolute Gasteiger partial charge is 0.250 e. The van der Waals surface area contributed by atoms with Crippen LogP contribution in [0.5, 0.6) is 0 Å². The summed E-state index contributed by atoms with van der Waals surface area (Å²) in [4.78, 5) is 32.5. The van der Waals surface area contributed by atoms with Gasteiger partial charge >= 0.3 is 0 Å². The second kappa shape index (κ2) is 9.02. The quantitative estimate of drug-likeness (QED) is 0.679. The maximum atomic E-state index is 12.4. The Kier molecular flexibility index (Phi) is 6.02. The van der Waals surface area contributed by atoms with E-state index in [1.54, 1.807) is 16.8 Å². The van der Waals surface area contributed by atoms with Crippen LogP contribution in [-0.4, -0.2) is 36.3 Å². The van der Waals surface area contributed by atoms with Gasteiger partial charge in [-0.2, -0.15) is 5.10 Å². The molecule has 1 aliphatic rings. The molecule has 3 heterocycles. The minimum atomic E-state index is -0.0659. The Labute approximate surface area is 175 Å². The lowest BCUT2D eigenvalue weighted by Gasteiger charge is -2.29. The van der Waals surface area contributed by atoms with E-state index in [1.807, 2.05) is 36.1 Å². The predicted molar refractivity (Wildman–Crippen MR) is 113 cm³/mol. The number of pyridine rings is 1. The Balaban J connectivity index is 1.26. The minimum Gasteiger partial charge on any atom is -0.353 e. The number of carbonyl (C=O) groups is 1. The van der Waals surface area contributed by atoms with Crippen molar-refractivity contribution < 1.29 is 4.79 Å². The summed E-state index contributed by atoms with van der Waals surface area (Å²) in [6.45, 7) is 2.29. The van der Waals surface area contributed by atoms with Gasteiger partial charge in [-0.1, -0.05) is 6.07 Å². The van der Waals surface area contributed by atoms with E-state index < -0.39 is 0 Å². The third-order valence-electron chi connectivity index (χ3n) is 5.75. The van der Waals surface area contributed by atoms with Gasteiger partial charge in [-0.25, -0.2) is 9.97 Å². The molecule has 156 valence electrons. The van der Waals surface area contributed by atoms with Crippen molar-refractivity contribution in [2.24, 2.45) is 0 Å². The Morgan fingerprint density at radius 3 is 2.77 bits per heavy atom. The van der Waals surface area contributed by atoms with Crippen LogP contribution in [0.3, 0.4) is 0 Å². The van der Waals surface area contributed by atoms with Gasteiger partial charge in [-0.05, 0) is 44.7 Å². The second-order valence-electron chi connectivity index (χ2n) is 7.78. The highest BCUT2D eigenvalue weighted by Gasteiger charge is 2.24. The number of aryl methyl sites for hydroxylation is 1. The molecule has 0 spiro atoms. The van der Waals surface area contributed by atoms with E-state index in [1.165, 1.54) is 12.4 Å². The maximum Gasteiger partial charge on any atom is 0.250 e. The number of amides is 1. The van der Waals surface area contributed by atoms with Crippen molar-refractivity contribution in [3.05, 3.63) is 65.2 Å². The molecule has 0 aromatic carbocycles. The fourth-order valence-electron chi connectivity index (χ4n) is 4.04. The molecule has 30 heavy (non-hydrogen) atoms. The highest BCUT2D eigenvalue weighted by Crippen LogP contribution is 2.29. The molecule has 0 radical (unpaired) electrons. The van der Waals surface area contributed by atoms with Gasteiger partial charge < -0.3 is 9.88 Å². The Morgan fingerprint density at radius 2 is 2.03 bits per heavy atom. The van der Waals surface area contributed by atoms with Gasteiger partial charge in [0.15, 0.2) is 0 Å². The largest absolute Gasteiger partial charge is 0.353 e. The molecule has 3 aromatic heterocycles. The fourth-order valence-corrected chi connectivity index (χ4v) is 4.04. The van der Waals surface area contributed by atoms with Gasteiger partial charge in [0.2, 0.25) is 5.91 Å². The monoisotopic (exact) mass is 406 g/mol. The molecule has 0 aliphatic heterocycles. The van der Waals surface area contributed by atoms with Crippen molar-refractivity contribution in [2.45, 2.75) is 57.7 Å². The molecule has 8 nitrogen and oxygen atoms in total. The zero-order chi connectivity index (χ0) is 20.9. The fraction of sp³-hybridized carbons (Fsp3) is 0.409. The first-order valence-electron chi connectivity index (χ1n) is 10.4. The van der Waals surface area contributed by atoms with Crippen LogP contribution in [0.15, 0.2) is 54.0 Å². The Bertz CT molecular complexity index is 1050. The molecule has 0 bridgehead atoms. The van der Waals surface area contributed by atoms with E-state index in [0.717, 1.165) is 42.6 Å². The first kappa shape index (κ1) is 20.0. The molecule has 8 heteroatoms. The highest BCUT2D eigenvalue weighted by molar-refractivity contribution is 5.76. The maximum absolute atomic E-state index is 12.4. The van der Waals surface area contributed by atoms with Crippen molar-refractivity contribution in [1.82, 2.24) is 29.6 Å². The van der Waals surface area contributed by atoms with Gasteiger partial charge in [-0.15, -0.1) is 0 Å². The van der Waals surface area contributed by atoms with Gasteiger partial charge in [-0.3, -0.25) is 14.3 Å². The molecule has 0 saturated heterocycles.